The van der Waals surface area contributed by atoms with Crippen LogP contribution in [-0.4, -0.2) is 23.3 Å². The quantitative estimate of drug-likeness (QED) is 0.646. The van der Waals surface area contributed by atoms with Gasteiger partial charge >= 0.3 is 0 Å². The largest absolute Gasteiger partial charge is 0.357 e. The van der Waals surface area contributed by atoms with Crippen LogP contribution in [0.15, 0.2) is 54.7 Å². The van der Waals surface area contributed by atoms with Crippen LogP contribution in [0.4, 0.5) is 0 Å². The lowest BCUT2D eigenvalue weighted by Crippen LogP contribution is -2.41. The van der Waals surface area contributed by atoms with Gasteiger partial charge in [0.05, 0.1) is 12.3 Å². The average molecular weight is 287 g/mol. The molecule has 0 fully saturated rings. The molecule has 0 aliphatic heterocycles. The first kappa shape index (κ1) is 15.8. The van der Waals surface area contributed by atoms with Gasteiger partial charge in [0, 0.05) is 11.8 Å². The van der Waals surface area contributed by atoms with Crippen LogP contribution in [0, 0.1) is 6.92 Å². The number of hydrogen-bond acceptors (Lipinski definition) is 3. The molecule has 0 atom stereocenters. The van der Waals surface area contributed by atoms with E-state index in [4.69, 9.17) is 12.2 Å². The van der Waals surface area contributed by atoms with E-state index in [1.54, 1.807) is 18.2 Å². The number of carbonyl (C=O) groups is 1. The normalized spacial score (nSPS) is 10.6. The van der Waals surface area contributed by atoms with E-state index in [0.29, 0.717) is 17.8 Å². The molecule has 1 rings (SSSR count). The fraction of sp³-hybridized carbons (Fsp3) is 0.133. The Hall–Kier alpha value is -2.27. The van der Waals surface area contributed by atoms with E-state index in [1.165, 1.54) is 6.20 Å². The van der Waals surface area contributed by atoms with Crippen molar-refractivity contribution in [1.29, 1.82) is 0 Å². The van der Waals surface area contributed by atoms with Crippen LogP contribution in [0.5, 0.6) is 0 Å². The molecule has 4 nitrogen and oxygen atoms in total. The second-order valence-electron chi connectivity index (χ2n) is 4.01. The van der Waals surface area contributed by atoms with Crippen molar-refractivity contribution in [2.45, 2.75) is 6.92 Å². The second-order valence-corrected chi connectivity index (χ2v) is 4.42. The van der Waals surface area contributed by atoms with Crippen molar-refractivity contribution in [3.63, 3.8) is 0 Å². The molecule has 0 spiro atoms. The minimum Gasteiger partial charge on any atom is -0.357 e. The van der Waals surface area contributed by atoms with Crippen molar-refractivity contribution < 1.29 is 4.79 Å². The maximum Gasteiger partial charge on any atom is 0.257 e. The van der Waals surface area contributed by atoms with Crippen molar-refractivity contribution in [3.05, 3.63) is 60.8 Å². The molecule has 0 aliphatic carbocycles. The van der Waals surface area contributed by atoms with Crippen LogP contribution >= 0.6 is 12.2 Å². The highest BCUT2D eigenvalue weighted by Gasteiger charge is 2.07. The first-order valence-corrected chi connectivity index (χ1v) is 6.43. The Morgan fingerprint density at radius 3 is 2.55 bits per heavy atom. The molecule has 0 saturated carbocycles. The Morgan fingerprint density at radius 1 is 1.35 bits per heavy atom. The summed E-state index contributed by atoms with van der Waals surface area (Å²) < 4.78 is 0. The number of thiocarbonyl (C=S) groups is 1. The maximum atomic E-state index is 11.9. The third-order valence-electron chi connectivity index (χ3n) is 2.46. The van der Waals surface area contributed by atoms with E-state index in [9.17, 15) is 4.79 Å². The highest BCUT2D eigenvalue weighted by atomic mass is 32.1. The van der Waals surface area contributed by atoms with E-state index in [0.717, 1.165) is 5.56 Å². The molecule has 0 saturated heterocycles. The summed E-state index contributed by atoms with van der Waals surface area (Å²) in [6.07, 6.45) is 3.02. The van der Waals surface area contributed by atoms with Gasteiger partial charge in [-0.15, -0.1) is 0 Å². The summed E-state index contributed by atoms with van der Waals surface area (Å²) in [7, 11) is 0. The van der Waals surface area contributed by atoms with Crippen molar-refractivity contribution in [2.75, 3.05) is 6.54 Å². The summed E-state index contributed by atoms with van der Waals surface area (Å²) in [6, 6.07) is 7.25. The van der Waals surface area contributed by atoms with Gasteiger partial charge in [-0.2, -0.15) is 0 Å². The molecule has 0 aliphatic rings. The topological polar surface area (TPSA) is 53.5 Å². The first-order chi connectivity index (χ1) is 9.56. The number of hydrogen-bond donors (Lipinski definition) is 2. The standard InChI is InChI=1S/C15H17N3OS/c1-4-13(16-5-2)10-17-15(20)18-14(19)12-8-6-11(3)7-9-12/h4-9H,1-2,10H2,3H3,(H2,17,18,19,20)/b16-13+. The Labute approximate surface area is 124 Å². The van der Waals surface area contributed by atoms with Crippen molar-refractivity contribution >= 4 is 28.9 Å². The maximum absolute atomic E-state index is 11.9. The molecule has 1 amide bonds. The Balaban J connectivity index is 2.52. The van der Waals surface area contributed by atoms with E-state index >= 15 is 0 Å². The van der Waals surface area contributed by atoms with Gasteiger partial charge in [0.2, 0.25) is 0 Å². The van der Waals surface area contributed by atoms with Gasteiger partial charge in [0.1, 0.15) is 0 Å². The molecule has 0 unspecified atom stereocenters. The fourth-order valence-corrected chi connectivity index (χ4v) is 1.55. The second kappa shape index (κ2) is 8.01. The van der Waals surface area contributed by atoms with Crippen LogP contribution in [0.25, 0.3) is 0 Å². The van der Waals surface area contributed by atoms with E-state index in [1.807, 2.05) is 19.1 Å². The van der Waals surface area contributed by atoms with Crippen molar-refractivity contribution in [1.82, 2.24) is 10.6 Å². The summed E-state index contributed by atoms with van der Waals surface area (Å²) in [6.45, 7) is 9.47. The third kappa shape index (κ3) is 5.16. The van der Waals surface area contributed by atoms with Gasteiger partial charge in [-0.05, 0) is 37.4 Å². The zero-order chi connectivity index (χ0) is 15.0. The first-order valence-electron chi connectivity index (χ1n) is 6.02. The summed E-state index contributed by atoms with van der Waals surface area (Å²) in [5, 5.41) is 5.73. The Kier molecular flexibility index (Phi) is 6.32. The Bertz CT molecular complexity index is 547. The van der Waals surface area contributed by atoms with Gasteiger partial charge in [-0.1, -0.05) is 30.9 Å². The summed E-state index contributed by atoms with van der Waals surface area (Å²) in [4.78, 5) is 15.9. The van der Waals surface area contributed by atoms with Gasteiger partial charge in [0.15, 0.2) is 5.11 Å². The van der Waals surface area contributed by atoms with Crippen LogP contribution < -0.4 is 10.6 Å². The molecule has 0 heterocycles. The van der Waals surface area contributed by atoms with Crippen LogP contribution in [0.1, 0.15) is 15.9 Å². The minimum absolute atomic E-state index is 0.245. The third-order valence-corrected chi connectivity index (χ3v) is 2.71. The zero-order valence-corrected chi connectivity index (χ0v) is 12.2. The molecule has 0 aromatic heterocycles. The van der Waals surface area contributed by atoms with Crippen LogP contribution in [-0.2, 0) is 0 Å². The predicted octanol–water partition coefficient (Wildman–Crippen LogP) is 2.37. The predicted molar refractivity (Wildman–Crippen MR) is 87.1 cm³/mol. The lowest BCUT2D eigenvalue weighted by molar-refractivity contribution is 0.0977. The average Bonchev–Trinajstić information content (AvgIpc) is 2.44. The van der Waals surface area contributed by atoms with E-state index in [2.05, 4.69) is 28.8 Å². The molecular weight excluding hydrogens is 270 g/mol. The number of nitrogens with zero attached hydrogens (tertiary/aromatic N) is 1. The molecule has 5 heteroatoms. The molecule has 1 aromatic carbocycles. The number of aliphatic imine (C=N–C) groups is 1. The number of amides is 1. The van der Waals surface area contributed by atoms with Gasteiger partial charge in [0.25, 0.3) is 5.91 Å². The Morgan fingerprint density at radius 2 is 2.00 bits per heavy atom. The molecule has 2 N–H and O–H groups in total. The lowest BCUT2D eigenvalue weighted by atomic mass is 10.1. The zero-order valence-electron chi connectivity index (χ0n) is 11.3. The number of carbonyl (C=O) groups excluding carboxylic acids is 1. The number of nitrogens with one attached hydrogen (secondary N) is 2. The molecule has 0 bridgehead atoms. The van der Waals surface area contributed by atoms with Crippen molar-refractivity contribution in [2.24, 2.45) is 4.99 Å². The van der Waals surface area contributed by atoms with Crippen LogP contribution in [0.2, 0.25) is 0 Å². The summed E-state index contributed by atoms with van der Waals surface area (Å²) in [5.74, 6) is -0.247. The summed E-state index contributed by atoms with van der Waals surface area (Å²) >= 11 is 5.05. The molecule has 1 aromatic rings. The van der Waals surface area contributed by atoms with E-state index < -0.39 is 0 Å². The molecule has 104 valence electrons. The van der Waals surface area contributed by atoms with Gasteiger partial charge < -0.3 is 5.32 Å². The number of aryl methyl sites for hydroxylation is 1. The molecule has 20 heavy (non-hydrogen) atoms. The van der Waals surface area contributed by atoms with E-state index in [-0.39, 0.29) is 11.0 Å². The van der Waals surface area contributed by atoms with Gasteiger partial charge in [-0.25, -0.2) is 0 Å². The minimum atomic E-state index is -0.247. The van der Waals surface area contributed by atoms with Crippen LogP contribution in [0.3, 0.4) is 0 Å². The fourth-order valence-electron chi connectivity index (χ4n) is 1.38. The smallest absolute Gasteiger partial charge is 0.257 e. The summed E-state index contributed by atoms with van der Waals surface area (Å²) in [5.41, 5.74) is 2.34. The molecule has 0 radical (unpaired) electrons. The number of rotatable bonds is 5. The highest BCUT2D eigenvalue weighted by molar-refractivity contribution is 7.80. The molecular formula is C15H17N3OS. The highest BCUT2D eigenvalue weighted by Crippen LogP contribution is 2.02. The van der Waals surface area contributed by atoms with Gasteiger partial charge in [-0.3, -0.25) is 15.1 Å². The lowest BCUT2D eigenvalue weighted by Gasteiger charge is -2.09. The van der Waals surface area contributed by atoms with Crippen molar-refractivity contribution in [3.8, 4) is 0 Å². The number of benzene rings is 1. The monoisotopic (exact) mass is 287 g/mol. The SMILES string of the molecule is C=C/N=C(\C=C)CNC(=S)NC(=O)c1ccc(C)cc1.